The minimum Gasteiger partial charge on any atom is -0.491 e. The second-order valence-corrected chi connectivity index (χ2v) is 8.84. The number of amides is 1. The number of ether oxygens (including phenoxy) is 2. The molecule has 3 aromatic rings. The van der Waals surface area contributed by atoms with E-state index in [2.05, 4.69) is 37.4 Å². The van der Waals surface area contributed by atoms with E-state index in [9.17, 15) is 4.79 Å². The molecule has 1 amide bonds. The van der Waals surface area contributed by atoms with Gasteiger partial charge in [-0.3, -0.25) is 4.79 Å². The smallest absolute Gasteiger partial charge is 0.261 e. The van der Waals surface area contributed by atoms with Crippen molar-refractivity contribution in [1.82, 2.24) is 4.90 Å². The van der Waals surface area contributed by atoms with Crippen LogP contribution in [0.4, 0.5) is 5.69 Å². The highest BCUT2D eigenvalue weighted by Crippen LogP contribution is 2.26. The largest absolute Gasteiger partial charge is 0.491 e. The van der Waals surface area contributed by atoms with Crippen LogP contribution in [0.3, 0.4) is 0 Å². The molecule has 1 aliphatic rings. The van der Waals surface area contributed by atoms with Gasteiger partial charge in [-0.05, 0) is 42.2 Å². The summed E-state index contributed by atoms with van der Waals surface area (Å²) in [6.07, 6.45) is 0.842. The summed E-state index contributed by atoms with van der Waals surface area (Å²) in [6, 6.07) is 25.7. The molecule has 5 nitrogen and oxygen atoms in total. The highest BCUT2D eigenvalue weighted by Gasteiger charge is 2.27. The second-order valence-electron chi connectivity index (χ2n) is 8.84. The molecule has 1 atom stereocenters. The number of nitrogens with one attached hydrogen (secondary N) is 1. The first-order chi connectivity index (χ1) is 16.1. The Hall–Kier alpha value is -3.47. The number of carbonyl (C=O) groups excluding carboxylic acids is 1. The maximum absolute atomic E-state index is 13.5. The van der Waals surface area contributed by atoms with Crippen molar-refractivity contribution in [2.24, 2.45) is 5.92 Å². The van der Waals surface area contributed by atoms with Crippen LogP contribution < -0.4 is 14.8 Å². The third kappa shape index (κ3) is 6.07. The molecule has 0 aliphatic carbocycles. The van der Waals surface area contributed by atoms with Crippen LogP contribution in [0, 0.1) is 5.92 Å². The van der Waals surface area contributed by atoms with Crippen molar-refractivity contribution in [2.45, 2.75) is 39.4 Å². The normalized spacial score (nSPS) is 16.0. The van der Waals surface area contributed by atoms with Crippen molar-refractivity contribution in [3.05, 3.63) is 90.0 Å². The average molecular weight is 445 g/mol. The van der Waals surface area contributed by atoms with Gasteiger partial charge in [0.25, 0.3) is 5.91 Å². The van der Waals surface area contributed by atoms with E-state index in [0.29, 0.717) is 31.4 Å². The quantitative estimate of drug-likeness (QED) is 0.564. The summed E-state index contributed by atoms with van der Waals surface area (Å²) >= 11 is 0. The van der Waals surface area contributed by atoms with E-state index >= 15 is 0 Å². The molecule has 172 valence electrons. The van der Waals surface area contributed by atoms with Crippen LogP contribution in [-0.4, -0.2) is 30.1 Å². The molecule has 1 N–H and O–H groups in total. The zero-order valence-corrected chi connectivity index (χ0v) is 19.4. The molecule has 4 rings (SSSR count). The van der Waals surface area contributed by atoms with Gasteiger partial charge in [0.2, 0.25) is 0 Å². The Labute approximate surface area is 196 Å². The van der Waals surface area contributed by atoms with Gasteiger partial charge in [0.05, 0.1) is 6.04 Å². The van der Waals surface area contributed by atoms with Gasteiger partial charge in [-0.1, -0.05) is 68.4 Å². The molecule has 0 radical (unpaired) electrons. The van der Waals surface area contributed by atoms with Gasteiger partial charge < -0.3 is 19.7 Å². The van der Waals surface area contributed by atoms with Gasteiger partial charge in [0.15, 0.2) is 6.61 Å². The van der Waals surface area contributed by atoms with Crippen molar-refractivity contribution in [3.63, 3.8) is 0 Å². The summed E-state index contributed by atoms with van der Waals surface area (Å²) in [5.41, 5.74) is 3.21. The molecule has 0 fully saturated rings. The summed E-state index contributed by atoms with van der Waals surface area (Å²) in [6.45, 7) is 5.94. The first kappa shape index (κ1) is 22.7. The Bertz CT molecular complexity index is 1050. The van der Waals surface area contributed by atoms with E-state index in [0.717, 1.165) is 29.0 Å². The Morgan fingerprint density at radius 3 is 2.48 bits per heavy atom. The van der Waals surface area contributed by atoms with E-state index in [1.165, 1.54) is 0 Å². The summed E-state index contributed by atoms with van der Waals surface area (Å²) in [7, 11) is 0. The molecule has 0 spiro atoms. The molecule has 33 heavy (non-hydrogen) atoms. The van der Waals surface area contributed by atoms with Crippen LogP contribution in [0.5, 0.6) is 11.5 Å². The minimum absolute atomic E-state index is 0.00914. The van der Waals surface area contributed by atoms with Crippen LogP contribution in [-0.2, 0) is 17.9 Å². The molecule has 5 heteroatoms. The van der Waals surface area contributed by atoms with Crippen molar-refractivity contribution in [2.75, 3.05) is 18.5 Å². The second kappa shape index (κ2) is 10.9. The first-order valence-electron chi connectivity index (χ1n) is 11.6. The number of nitrogens with zero attached hydrogens (tertiary/aromatic N) is 1. The SMILES string of the molecule is CC(C)C[C@H]1COc2ccccc2CNc2ccccc2CN1C(=O)COc1ccccc1. The van der Waals surface area contributed by atoms with E-state index < -0.39 is 0 Å². The lowest BCUT2D eigenvalue weighted by Crippen LogP contribution is -2.46. The summed E-state index contributed by atoms with van der Waals surface area (Å²) in [5, 5.41) is 3.54. The van der Waals surface area contributed by atoms with E-state index in [4.69, 9.17) is 9.47 Å². The van der Waals surface area contributed by atoms with Gasteiger partial charge in [-0.2, -0.15) is 0 Å². The maximum Gasteiger partial charge on any atom is 0.261 e. The van der Waals surface area contributed by atoms with Crippen LogP contribution in [0.1, 0.15) is 31.4 Å². The Morgan fingerprint density at radius 2 is 1.70 bits per heavy atom. The van der Waals surface area contributed by atoms with Crippen LogP contribution in [0.2, 0.25) is 0 Å². The van der Waals surface area contributed by atoms with Gasteiger partial charge >= 0.3 is 0 Å². The fraction of sp³-hybridized carbons (Fsp3) is 0.321. The molecule has 0 saturated heterocycles. The van der Waals surface area contributed by atoms with Crippen LogP contribution in [0.25, 0.3) is 0 Å². The molecular weight excluding hydrogens is 412 g/mol. The number of para-hydroxylation sites is 3. The zero-order chi connectivity index (χ0) is 23.0. The van der Waals surface area contributed by atoms with Crippen molar-refractivity contribution in [3.8, 4) is 11.5 Å². The summed E-state index contributed by atoms with van der Waals surface area (Å²) in [5.74, 6) is 1.91. The monoisotopic (exact) mass is 444 g/mol. The standard InChI is InChI=1S/C28H32N2O3/c1-21(2)16-24-19-33-27-15-9-7-10-22(27)17-29-26-14-8-6-11-23(26)18-30(24)28(31)20-32-25-12-4-3-5-13-25/h3-15,21,24,29H,16-20H2,1-2H3/t24-/m0/s1. The van der Waals surface area contributed by atoms with Crippen molar-refractivity contribution in [1.29, 1.82) is 0 Å². The van der Waals surface area contributed by atoms with Crippen molar-refractivity contribution >= 4 is 11.6 Å². The number of fused-ring (bicyclic) bond motifs is 2. The molecular formula is C28H32N2O3. The van der Waals surface area contributed by atoms with E-state index in [1.807, 2.05) is 65.6 Å². The molecule has 0 saturated carbocycles. The number of rotatable bonds is 5. The fourth-order valence-electron chi connectivity index (χ4n) is 4.18. The first-order valence-corrected chi connectivity index (χ1v) is 11.6. The molecule has 0 bridgehead atoms. The predicted octanol–water partition coefficient (Wildman–Crippen LogP) is 5.51. The number of hydrogen-bond acceptors (Lipinski definition) is 4. The molecule has 0 unspecified atom stereocenters. The number of anilines is 1. The average Bonchev–Trinajstić information content (AvgIpc) is 2.86. The molecule has 0 aromatic heterocycles. The highest BCUT2D eigenvalue weighted by molar-refractivity contribution is 5.78. The topological polar surface area (TPSA) is 50.8 Å². The lowest BCUT2D eigenvalue weighted by Gasteiger charge is -2.33. The minimum atomic E-state index is -0.0731. The lowest BCUT2D eigenvalue weighted by molar-refractivity contribution is -0.137. The number of benzene rings is 3. The molecule has 1 heterocycles. The fourth-order valence-corrected chi connectivity index (χ4v) is 4.18. The van der Waals surface area contributed by atoms with Gasteiger partial charge in [-0.25, -0.2) is 0 Å². The number of carbonyl (C=O) groups is 1. The summed E-state index contributed by atoms with van der Waals surface area (Å²) < 4.78 is 12.1. The Morgan fingerprint density at radius 1 is 1.00 bits per heavy atom. The van der Waals surface area contributed by atoms with E-state index in [1.54, 1.807) is 0 Å². The summed E-state index contributed by atoms with van der Waals surface area (Å²) in [4.78, 5) is 15.4. The van der Waals surface area contributed by atoms with Gasteiger partial charge in [-0.15, -0.1) is 0 Å². The third-order valence-corrected chi connectivity index (χ3v) is 5.84. The van der Waals surface area contributed by atoms with Crippen molar-refractivity contribution < 1.29 is 14.3 Å². The predicted molar refractivity (Wildman–Crippen MR) is 131 cm³/mol. The number of hydrogen-bond donors (Lipinski definition) is 1. The van der Waals surface area contributed by atoms with Crippen LogP contribution in [0.15, 0.2) is 78.9 Å². The Balaban J connectivity index is 1.65. The van der Waals surface area contributed by atoms with Crippen LogP contribution >= 0.6 is 0 Å². The van der Waals surface area contributed by atoms with Gasteiger partial charge in [0.1, 0.15) is 18.1 Å². The van der Waals surface area contributed by atoms with Gasteiger partial charge in [0, 0.05) is 24.3 Å². The van der Waals surface area contributed by atoms with E-state index in [-0.39, 0.29) is 18.6 Å². The maximum atomic E-state index is 13.5. The molecule has 3 aromatic carbocycles. The zero-order valence-electron chi connectivity index (χ0n) is 19.4. The third-order valence-electron chi connectivity index (χ3n) is 5.84. The lowest BCUT2D eigenvalue weighted by atomic mass is 10.0. The highest BCUT2D eigenvalue weighted by atomic mass is 16.5. The molecule has 1 aliphatic heterocycles. The Kier molecular flexibility index (Phi) is 7.51.